The van der Waals surface area contributed by atoms with Crippen molar-refractivity contribution >= 4 is 22.8 Å². The van der Waals surface area contributed by atoms with Gasteiger partial charge in [-0.05, 0) is 49.7 Å². The van der Waals surface area contributed by atoms with E-state index in [0.717, 1.165) is 18.4 Å². The van der Waals surface area contributed by atoms with E-state index in [1.54, 1.807) is 0 Å². The Morgan fingerprint density at radius 2 is 1.04 bits per heavy atom. The molecule has 0 aliphatic heterocycles. The van der Waals surface area contributed by atoms with Crippen LogP contribution < -0.4 is 0 Å². The molecule has 0 N–H and O–H groups in total. The Bertz CT molecular complexity index is 700. The lowest BCUT2D eigenvalue weighted by molar-refractivity contribution is 1.16. The second-order valence-electron chi connectivity index (χ2n) is 5.10. The molecule has 1 atom stereocenters. The Morgan fingerprint density at radius 3 is 1.46 bits per heavy atom. The second kappa shape index (κ2) is 11.6. The van der Waals surface area contributed by atoms with Crippen LogP contribution in [0.15, 0.2) is 91.0 Å². The standard InChI is InChI=1S/C14H10.C8H10BrP/c1-3-7-13(8-4-1)11-12-14-9-5-2-6-10-14;9-10-7-6-8-4-2-1-3-5-8/h1-10H;1-5,10H,6-7H2. The maximum absolute atomic E-state index is 3.43. The van der Waals surface area contributed by atoms with Crippen LogP contribution in [0, 0.1) is 11.8 Å². The van der Waals surface area contributed by atoms with Crippen LogP contribution in [0.3, 0.4) is 0 Å². The monoisotopic (exact) mass is 394 g/mol. The first kappa shape index (κ1) is 18.5. The minimum absolute atomic E-state index is 0.896. The molecule has 24 heavy (non-hydrogen) atoms. The van der Waals surface area contributed by atoms with Crippen LogP contribution in [-0.2, 0) is 6.42 Å². The minimum atomic E-state index is 0.896. The van der Waals surface area contributed by atoms with Crippen molar-refractivity contribution in [2.75, 3.05) is 6.16 Å². The summed E-state index contributed by atoms with van der Waals surface area (Å²) >= 11 is 3.43. The van der Waals surface area contributed by atoms with Gasteiger partial charge in [0.15, 0.2) is 0 Å². The van der Waals surface area contributed by atoms with Crippen molar-refractivity contribution in [2.45, 2.75) is 6.42 Å². The largest absolute Gasteiger partial charge is 0.0642 e. The second-order valence-corrected chi connectivity index (χ2v) is 7.55. The molecular formula is C22H20BrP. The van der Waals surface area contributed by atoms with Crippen molar-refractivity contribution < 1.29 is 0 Å². The van der Waals surface area contributed by atoms with Crippen LogP contribution in [0.2, 0.25) is 0 Å². The number of halogens is 1. The first-order valence-electron chi connectivity index (χ1n) is 7.88. The Hall–Kier alpha value is -1.87. The highest BCUT2D eigenvalue weighted by Gasteiger charge is 1.88. The molecule has 0 amide bonds. The lowest BCUT2D eigenvalue weighted by Gasteiger charge is -1.95. The first-order valence-corrected chi connectivity index (χ1v) is 11.3. The summed E-state index contributed by atoms with van der Waals surface area (Å²) in [6.07, 6.45) is 2.45. The van der Waals surface area contributed by atoms with Gasteiger partial charge in [-0.15, -0.1) is 0 Å². The first-order chi connectivity index (χ1) is 11.9. The third-order valence-electron chi connectivity index (χ3n) is 3.25. The Kier molecular flexibility index (Phi) is 8.95. The molecule has 0 aliphatic rings. The average Bonchev–Trinajstić information content (AvgIpc) is 2.68. The van der Waals surface area contributed by atoms with Gasteiger partial charge >= 0.3 is 0 Å². The zero-order chi connectivity index (χ0) is 16.9. The maximum atomic E-state index is 3.43. The molecule has 0 nitrogen and oxygen atoms in total. The van der Waals surface area contributed by atoms with Gasteiger partial charge in [0.25, 0.3) is 0 Å². The van der Waals surface area contributed by atoms with E-state index in [1.807, 2.05) is 60.7 Å². The quantitative estimate of drug-likeness (QED) is 0.361. The summed E-state index contributed by atoms with van der Waals surface area (Å²) in [6, 6.07) is 30.6. The van der Waals surface area contributed by atoms with Crippen LogP contribution in [0.4, 0.5) is 0 Å². The van der Waals surface area contributed by atoms with E-state index < -0.39 is 0 Å². The summed E-state index contributed by atoms with van der Waals surface area (Å²) in [5, 5.41) is 0. The Morgan fingerprint density at radius 1 is 0.625 bits per heavy atom. The van der Waals surface area contributed by atoms with E-state index in [1.165, 1.54) is 18.1 Å². The molecular weight excluding hydrogens is 375 g/mol. The van der Waals surface area contributed by atoms with E-state index in [2.05, 4.69) is 57.7 Å². The van der Waals surface area contributed by atoms with Crippen molar-refractivity contribution in [1.29, 1.82) is 0 Å². The summed E-state index contributed by atoms with van der Waals surface area (Å²) in [4.78, 5) is 0. The van der Waals surface area contributed by atoms with E-state index in [0.29, 0.717) is 0 Å². The van der Waals surface area contributed by atoms with E-state index in [9.17, 15) is 0 Å². The third kappa shape index (κ3) is 7.60. The van der Waals surface area contributed by atoms with Gasteiger partial charge in [-0.1, -0.05) is 94.1 Å². The number of hydrogen-bond acceptors (Lipinski definition) is 0. The highest BCUT2D eigenvalue weighted by molar-refractivity contribution is 9.36. The predicted octanol–water partition coefficient (Wildman–Crippen LogP) is 6.30. The summed E-state index contributed by atoms with van der Waals surface area (Å²) in [6.45, 7) is 0. The van der Waals surface area contributed by atoms with Crippen LogP contribution in [-0.4, -0.2) is 6.16 Å². The topological polar surface area (TPSA) is 0 Å². The lowest BCUT2D eigenvalue weighted by atomic mass is 10.2. The van der Waals surface area contributed by atoms with Crippen LogP contribution in [0.1, 0.15) is 16.7 Å². The maximum Gasteiger partial charge on any atom is 0.0249 e. The third-order valence-corrected chi connectivity index (χ3v) is 4.88. The zero-order valence-electron chi connectivity index (χ0n) is 13.5. The smallest absolute Gasteiger partial charge is 0.0249 e. The summed E-state index contributed by atoms with van der Waals surface area (Å²) < 4.78 is 0. The molecule has 0 aromatic heterocycles. The number of aryl methyl sites for hydroxylation is 1. The van der Waals surface area contributed by atoms with Crippen molar-refractivity contribution in [2.24, 2.45) is 0 Å². The predicted molar refractivity (Wildman–Crippen MR) is 111 cm³/mol. The van der Waals surface area contributed by atoms with Crippen LogP contribution >= 0.6 is 22.8 Å². The molecule has 0 aliphatic carbocycles. The molecule has 2 heteroatoms. The van der Waals surface area contributed by atoms with Crippen molar-refractivity contribution in [3.63, 3.8) is 0 Å². The lowest BCUT2D eigenvalue weighted by Crippen LogP contribution is -1.83. The SMILES string of the molecule is BrPCCc1ccccc1.C(#Cc1ccccc1)c1ccccc1. The molecule has 0 spiro atoms. The van der Waals surface area contributed by atoms with E-state index in [4.69, 9.17) is 0 Å². The fourth-order valence-corrected chi connectivity index (χ4v) is 3.00. The van der Waals surface area contributed by atoms with Gasteiger partial charge in [0.2, 0.25) is 0 Å². The number of benzene rings is 3. The molecule has 3 aromatic carbocycles. The molecule has 0 heterocycles. The van der Waals surface area contributed by atoms with E-state index in [-0.39, 0.29) is 0 Å². The van der Waals surface area contributed by atoms with Gasteiger partial charge in [0, 0.05) is 11.1 Å². The molecule has 0 fully saturated rings. The minimum Gasteiger partial charge on any atom is -0.0642 e. The average molecular weight is 395 g/mol. The van der Waals surface area contributed by atoms with Gasteiger partial charge in [-0.2, -0.15) is 0 Å². The van der Waals surface area contributed by atoms with Gasteiger partial charge in [-0.25, -0.2) is 0 Å². The number of hydrogen-bond donors (Lipinski definition) is 0. The highest BCUT2D eigenvalue weighted by Crippen LogP contribution is 2.20. The summed E-state index contributed by atoms with van der Waals surface area (Å²) in [7, 11) is 0.896. The van der Waals surface area contributed by atoms with Gasteiger partial charge in [0.05, 0.1) is 0 Å². The fourth-order valence-electron chi connectivity index (χ4n) is 2.02. The molecule has 0 radical (unpaired) electrons. The van der Waals surface area contributed by atoms with Crippen molar-refractivity contribution in [3.05, 3.63) is 108 Å². The van der Waals surface area contributed by atoms with Gasteiger partial charge < -0.3 is 0 Å². The molecule has 0 saturated heterocycles. The van der Waals surface area contributed by atoms with Crippen LogP contribution in [0.5, 0.6) is 0 Å². The summed E-state index contributed by atoms with van der Waals surface area (Å²) in [5.74, 6) is 6.22. The number of rotatable bonds is 3. The van der Waals surface area contributed by atoms with Crippen molar-refractivity contribution in [3.8, 4) is 11.8 Å². The molecule has 0 bridgehead atoms. The van der Waals surface area contributed by atoms with Crippen molar-refractivity contribution in [1.82, 2.24) is 0 Å². The van der Waals surface area contributed by atoms with Gasteiger partial charge in [-0.3, -0.25) is 0 Å². The Balaban J connectivity index is 0.000000185. The molecule has 3 aromatic rings. The Labute approximate surface area is 154 Å². The molecule has 1 unspecified atom stereocenters. The van der Waals surface area contributed by atoms with Crippen LogP contribution in [0.25, 0.3) is 0 Å². The highest BCUT2D eigenvalue weighted by atomic mass is 79.9. The van der Waals surface area contributed by atoms with E-state index >= 15 is 0 Å². The molecule has 120 valence electrons. The molecule has 3 rings (SSSR count). The van der Waals surface area contributed by atoms with Gasteiger partial charge in [0.1, 0.15) is 0 Å². The fraction of sp³-hybridized carbons (Fsp3) is 0.0909. The summed E-state index contributed by atoms with van der Waals surface area (Å²) in [5.41, 5.74) is 3.54. The zero-order valence-corrected chi connectivity index (χ0v) is 16.0. The molecule has 0 saturated carbocycles. The normalized spacial score (nSPS) is 9.71.